The minimum absolute atomic E-state index is 0.199. The zero-order valence-corrected chi connectivity index (χ0v) is 14.1. The fourth-order valence-corrected chi connectivity index (χ4v) is 2.33. The standard InChI is InChI=1S/C17H15ClN4O3/c1-10-8-11(6-7-13(10)18)25-9-15(23)20-22-17(24)16-12-4-2-3-5-14(12)19-21-16/h2-8H,9H2,1H3,(H,19,21)(H,20,23)(H,22,24). The number of carbonyl (C=O) groups excluding carboxylic acids is 2. The summed E-state index contributed by atoms with van der Waals surface area (Å²) in [4.78, 5) is 23.9. The highest BCUT2D eigenvalue weighted by atomic mass is 35.5. The highest BCUT2D eigenvalue weighted by molar-refractivity contribution is 6.31. The van der Waals surface area contributed by atoms with Crippen molar-refractivity contribution in [3.8, 4) is 5.75 Å². The van der Waals surface area contributed by atoms with Gasteiger partial charge in [-0.25, -0.2) is 0 Å². The van der Waals surface area contributed by atoms with Crippen molar-refractivity contribution in [1.29, 1.82) is 0 Å². The Kier molecular flexibility index (Phi) is 4.85. The lowest BCUT2D eigenvalue weighted by Gasteiger charge is -2.09. The first kappa shape index (κ1) is 16.8. The monoisotopic (exact) mass is 358 g/mol. The molecule has 2 amide bonds. The van der Waals surface area contributed by atoms with E-state index in [4.69, 9.17) is 16.3 Å². The molecule has 0 saturated carbocycles. The van der Waals surface area contributed by atoms with Gasteiger partial charge in [-0.2, -0.15) is 5.10 Å². The number of hydrogen-bond acceptors (Lipinski definition) is 4. The zero-order valence-electron chi connectivity index (χ0n) is 13.3. The van der Waals surface area contributed by atoms with E-state index in [0.29, 0.717) is 16.2 Å². The molecule has 1 heterocycles. The van der Waals surface area contributed by atoms with Crippen molar-refractivity contribution in [3.63, 3.8) is 0 Å². The number of nitrogens with zero attached hydrogens (tertiary/aromatic N) is 1. The van der Waals surface area contributed by atoms with Crippen LogP contribution in [0.1, 0.15) is 16.1 Å². The van der Waals surface area contributed by atoms with Gasteiger partial charge in [-0.05, 0) is 36.8 Å². The molecular weight excluding hydrogens is 344 g/mol. The third-order valence-corrected chi connectivity index (χ3v) is 3.92. The number of benzene rings is 2. The lowest BCUT2D eigenvalue weighted by atomic mass is 10.2. The number of para-hydroxylation sites is 1. The second kappa shape index (κ2) is 7.23. The van der Waals surface area contributed by atoms with Gasteiger partial charge in [-0.3, -0.25) is 25.5 Å². The van der Waals surface area contributed by atoms with E-state index in [2.05, 4.69) is 21.0 Å². The van der Waals surface area contributed by atoms with Gasteiger partial charge in [0.15, 0.2) is 12.3 Å². The summed E-state index contributed by atoms with van der Waals surface area (Å²) in [5.41, 5.74) is 6.38. The molecule has 0 aliphatic carbocycles. The van der Waals surface area contributed by atoms with Gasteiger partial charge in [-0.1, -0.05) is 29.8 Å². The Balaban J connectivity index is 1.53. The van der Waals surface area contributed by atoms with Gasteiger partial charge >= 0.3 is 0 Å². The van der Waals surface area contributed by atoms with Crippen LogP contribution in [0.15, 0.2) is 42.5 Å². The molecule has 25 heavy (non-hydrogen) atoms. The Labute approximate surface area is 148 Å². The summed E-state index contributed by atoms with van der Waals surface area (Å²) in [6, 6.07) is 12.3. The molecule has 0 fully saturated rings. The second-order valence-electron chi connectivity index (χ2n) is 5.32. The van der Waals surface area contributed by atoms with Crippen LogP contribution < -0.4 is 15.6 Å². The Morgan fingerprint density at radius 3 is 2.80 bits per heavy atom. The molecule has 0 radical (unpaired) electrons. The summed E-state index contributed by atoms with van der Waals surface area (Å²) in [7, 11) is 0. The van der Waals surface area contributed by atoms with Gasteiger partial charge in [0.25, 0.3) is 11.8 Å². The first-order valence-corrected chi connectivity index (χ1v) is 7.83. The predicted octanol–water partition coefficient (Wildman–Crippen LogP) is 2.36. The maximum atomic E-state index is 12.1. The van der Waals surface area contributed by atoms with Gasteiger partial charge in [0.2, 0.25) is 0 Å². The predicted molar refractivity (Wildman–Crippen MR) is 93.4 cm³/mol. The van der Waals surface area contributed by atoms with E-state index in [1.165, 1.54) is 0 Å². The lowest BCUT2D eigenvalue weighted by molar-refractivity contribution is -0.123. The number of carbonyl (C=O) groups is 2. The quantitative estimate of drug-likeness (QED) is 0.624. The molecule has 1 aromatic heterocycles. The first-order valence-electron chi connectivity index (χ1n) is 7.46. The molecule has 0 spiro atoms. The SMILES string of the molecule is Cc1cc(OCC(=O)NNC(=O)c2n[nH]c3ccccc23)ccc1Cl. The minimum atomic E-state index is -0.520. The number of aryl methyl sites for hydroxylation is 1. The first-order chi connectivity index (χ1) is 12.0. The number of hydrazine groups is 1. The number of aromatic nitrogens is 2. The van der Waals surface area contributed by atoms with E-state index in [1.807, 2.05) is 13.0 Å². The molecule has 3 N–H and O–H groups in total. The van der Waals surface area contributed by atoms with Crippen LogP contribution in [-0.4, -0.2) is 28.6 Å². The van der Waals surface area contributed by atoms with Crippen molar-refractivity contribution in [2.45, 2.75) is 6.92 Å². The average molecular weight is 359 g/mol. The molecule has 0 aliphatic heterocycles. The molecule has 0 aliphatic rings. The number of rotatable bonds is 4. The van der Waals surface area contributed by atoms with Gasteiger partial charge < -0.3 is 4.74 Å². The number of fused-ring (bicyclic) bond motifs is 1. The number of halogens is 1. The molecule has 7 nitrogen and oxygen atoms in total. The number of aromatic amines is 1. The van der Waals surface area contributed by atoms with E-state index in [9.17, 15) is 9.59 Å². The van der Waals surface area contributed by atoms with E-state index < -0.39 is 11.8 Å². The number of nitrogens with one attached hydrogen (secondary N) is 3. The summed E-state index contributed by atoms with van der Waals surface area (Å²) < 4.78 is 5.35. The fourth-order valence-electron chi connectivity index (χ4n) is 2.21. The maximum absolute atomic E-state index is 12.1. The second-order valence-corrected chi connectivity index (χ2v) is 5.73. The molecule has 0 atom stereocenters. The van der Waals surface area contributed by atoms with Crippen LogP contribution in [0.2, 0.25) is 5.02 Å². The van der Waals surface area contributed by atoms with E-state index in [0.717, 1.165) is 11.1 Å². The van der Waals surface area contributed by atoms with Crippen molar-refractivity contribution in [2.75, 3.05) is 6.61 Å². The smallest absolute Gasteiger partial charge is 0.290 e. The maximum Gasteiger partial charge on any atom is 0.290 e. The highest BCUT2D eigenvalue weighted by Crippen LogP contribution is 2.20. The molecular formula is C17H15ClN4O3. The van der Waals surface area contributed by atoms with Crippen LogP contribution in [0.5, 0.6) is 5.75 Å². The van der Waals surface area contributed by atoms with Gasteiger partial charge in [0.1, 0.15) is 5.75 Å². The lowest BCUT2D eigenvalue weighted by Crippen LogP contribution is -2.44. The van der Waals surface area contributed by atoms with E-state index in [-0.39, 0.29) is 12.3 Å². The molecule has 0 bridgehead atoms. The number of H-pyrrole nitrogens is 1. The molecule has 0 unspecified atom stereocenters. The normalized spacial score (nSPS) is 10.5. The summed E-state index contributed by atoms with van der Waals surface area (Å²) in [6.45, 7) is 1.59. The van der Waals surface area contributed by atoms with Gasteiger partial charge in [-0.15, -0.1) is 0 Å². The number of ether oxygens (including phenoxy) is 1. The molecule has 8 heteroatoms. The molecule has 2 aromatic carbocycles. The molecule has 3 rings (SSSR count). The van der Waals surface area contributed by atoms with Crippen molar-refractivity contribution in [1.82, 2.24) is 21.0 Å². The van der Waals surface area contributed by atoms with Crippen LogP contribution in [0.25, 0.3) is 10.9 Å². The Bertz CT molecular complexity index is 939. The minimum Gasteiger partial charge on any atom is -0.484 e. The number of amides is 2. The number of hydrogen-bond donors (Lipinski definition) is 3. The zero-order chi connectivity index (χ0) is 17.8. The third-order valence-electron chi connectivity index (χ3n) is 3.50. The summed E-state index contributed by atoms with van der Waals surface area (Å²) in [6.07, 6.45) is 0. The topological polar surface area (TPSA) is 96.1 Å². The highest BCUT2D eigenvalue weighted by Gasteiger charge is 2.14. The summed E-state index contributed by atoms with van der Waals surface area (Å²) in [5, 5.41) is 8.00. The van der Waals surface area contributed by atoms with Crippen LogP contribution in [0.3, 0.4) is 0 Å². The van der Waals surface area contributed by atoms with Crippen molar-refractivity contribution in [3.05, 3.63) is 58.7 Å². The van der Waals surface area contributed by atoms with Crippen molar-refractivity contribution >= 4 is 34.3 Å². The van der Waals surface area contributed by atoms with Crippen molar-refractivity contribution in [2.24, 2.45) is 0 Å². The summed E-state index contributed by atoms with van der Waals surface area (Å²) >= 11 is 5.93. The van der Waals surface area contributed by atoms with Gasteiger partial charge in [0, 0.05) is 10.4 Å². The van der Waals surface area contributed by atoms with Crippen LogP contribution in [-0.2, 0) is 4.79 Å². The molecule has 128 valence electrons. The largest absolute Gasteiger partial charge is 0.484 e. The Morgan fingerprint density at radius 1 is 1.20 bits per heavy atom. The Hall–Kier alpha value is -3.06. The van der Waals surface area contributed by atoms with Crippen LogP contribution >= 0.6 is 11.6 Å². The summed E-state index contributed by atoms with van der Waals surface area (Å²) in [5.74, 6) is -0.504. The van der Waals surface area contributed by atoms with Crippen molar-refractivity contribution < 1.29 is 14.3 Å². The van der Waals surface area contributed by atoms with E-state index in [1.54, 1.807) is 36.4 Å². The van der Waals surface area contributed by atoms with Crippen LogP contribution in [0, 0.1) is 6.92 Å². The van der Waals surface area contributed by atoms with Gasteiger partial charge in [0.05, 0.1) is 5.52 Å². The average Bonchev–Trinajstić information content (AvgIpc) is 3.05. The van der Waals surface area contributed by atoms with E-state index >= 15 is 0 Å². The van der Waals surface area contributed by atoms with Crippen LogP contribution in [0.4, 0.5) is 0 Å². The Morgan fingerprint density at radius 2 is 2.00 bits per heavy atom. The fraction of sp³-hybridized carbons (Fsp3) is 0.118. The molecule has 0 saturated heterocycles. The third kappa shape index (κ3) is 3.89. The molecule has 3 aromatic rings.